The van der Waals surface area contributed by atoms with Gasteiger partial charge in [-0.15, -0.1) is 0 Å². The lowest BCUT2D eigenvalue weighted by Gasteiger charge is -2.23. The fourth-order valence-corrected chi connectivity index (χ4v) is 2.45. The molecule has 5 heteroatoms. The summed E-state index contributed by atoms with van der Waals surface area (Å²) in [6.45, 7) is 1.84. The fraction of sp³-hybridized carbons (Fsp3) is 0.417. The molecule has 92 valence electrons. The Balaban J connectivity index is 2.03. The maximum Gasteiger partial charge on any atom is 0.251 e. The molecule has 0 saturated carbocycles. The summed E-state index contributed by atoms with van der Waals surface area (Å²) < 4.78 is 0. The molecule has 0 unspecified atom stereocenters. The van der Waals surface area contributed by atoms with Gasteiger partial charge < -0.3 is 10.6 Å². The van der Waals surface area contributed by atoms with Crippen molar-refractivity contribution in [2.24, 2.45) is 0 Å². The molecule has 1 atom stereocenters. The van der Waals surface area contributed by atoms with Crippen LogP contribution in [0.2, 0.25) is 10.0 Å². The van der Waals surface area contributed by atoms with E-state index in [1.54, 1.807) is 18.2 Å². The highest BCUT2D eigenvalue weighted by atomic mass is 35.5. The molecule has 1 aromatic rings. The van der Waals surface area contributed by atoms with Gasteiger partial charge in [-0.2, -0.15) is 0 Å². The first-order valence-electron chi connectivity index (χ1n) is 5.63. The molecule has 0 bridgehead atoms. The minimum atomic E-state index is -0.122. The van der Waals surface area contributed by atoms with Crippen molar-refractivity contribution in [2.75, 3.05) is 13.1 Å². The van der Waals surface area contributed by atoms with E-state index in [1.807, 2.05) is 0 Å². The molecule has 1 amide bonds. The van der Waals surface area contributed by atoms with Gasteiger partial charge >= 0.3 is 0 Å². The van der Waals surface area contributed by atoms with E-state index < -0.39 is 0 Å². The van der Waals surface area contributed by atoms with Crippen molar-refractivity contribution in [2.45, 2.75) is 18.9 Å². The van der Waals surface area contributed by atoms with Gasteiger partial charge in [0.2, 0.25) is 0 Å². The first-order valence-corrected chi connectivity index (χ1v) is 6.38. The number of carbonyl (C=O) groups excluding carboxylic acids is 1. The van der Waals surface area contributed by atoms with Gasteiger partial charge in [0.05, 0.1) is 0 Å². The fourth-order valence-electron chi connectivity index (χ4n) is 1.93. The number of nitrogens with one attached hydrogen (secondary N) is 2. The minimum Gasteiger partial charge on any atom is -0.348 e. The van der Waals surface area contributed by atoms with Crippen LogP contribution in [-0.4, -0.2) is 25.0 Å². The van der Waals surface area contributed by atoms with E-state index in [0.29, 0.717) is 15.6 Å². The topological polar surface area (TPSA) is 41.1 Å². The first-order chi connectivity index (χ1) is 8.15. The summed E-state index contributed by atoms with van der Waals surface area (Å²) >= 11 is 11.7. The lowest BCUT2D eigenvalue weighted by Crippen LogP contribution is -2.45. The van der Waals surface area contributed by atoms with E-state index >= 15 is 0 Å². The van der Waals surface area contributed by atoms with Crippen LogP contribution in [0.3, 0.4) is 0 Å². The third kappa shape index (κ3) is 3.60. The maximum absolute atomic E-state index is 12.0. The molecule has 17 heavy (non-hydrogen) atoms. The minimum absolute atomic E-state index is 0.122. The Kier molecular flexibility index (Phi) is 4.26. The Morgan fingerprint density at radius 2 is 2.00 bits per heavy atom. The van der Waals surface area contributed by atoms with Crippen molar-refractivity contribution in [1.82, 2.24) is 10.6 Å². The third-order valence-electron chi connectivity index (χ3n) is 2.76. The number of benzene rings is 1. The van der Waals surface area contributed by atoms with Crippen molar-refractivity contribution < 1.29 is 4.79 Å². The Hall–Kier alpha value is -0.770. The zero-order valence-electron chi connectivity index (χ0n) is 9.30. The number of amides is 1. The van der Waals surface area contributed by atoms with Gasteiger partial charge in [-0.25, -0.2) is 0 Å². The van der Waals surface area contributed by atoms with E-state index in [-0.39, 0.29) is 11.9 Å². The highest BCUT2D eigenvalue weighted by molar-refractivity contribution is 6.35. The van der Waals surface area contributed by atoms with E-state index in [0.717, 1.165) is 25.9 Å². The number of piperidine rings is 1. The molecular weight excluding hydrogens is 259 g/mol. The summed E-state index contributed by atoms with van der Waals surface area (Å²) in [6.07, 6.45) is 2.09. The average molecular weight is 273 g/mol. The molecule has 1 heterocycles. The van der Waals surface area contributed by atoms with Gasteiger partial charge in [0, 0.05) is 28.2 Å². The molecule has 1 aliphatic heterocycles. The molecule has 2 rings (SSSR count). The normalized spacial score (nSPS) is 20.0. The number of hydrogen-bond acceptors (Lipinski definition) is 2. The molecule has 1 fully saturated rings. The van der Waals surface area contributed by atoms with Crippen LogP contribution in [-0.2, 0) is 0 Å². The molecule has 2 N–H and O–H groups in total. The average Bonchev–Trinajstić information content (AvgIpc) is 2.29. The van der Waals surface area contributed by atoms with Crippen LogP contribution in [0.25, 0.3) is 0 Å². The first kappa shape index (κ1) is 12.7. The SMILES string of the molecule is O=C(N[C@@H]1CCCNC1)c1cc(Cl)cc(Cl)c1. The van der Waals surface area contributed by atoms with Crippen LogP contribution >= 0.6 is 23.2 Å². The summed E-state index contributed by atoms with van der Waals surface area (Å²) in [7, 11) is 0. The van der Waals surface area contributed by atoms with Crippen LogP contribution in [0.1, 0.15) is 23.2 Å². The van der Waals surface area contributed by atoms with E-state index in [4.69, 9.17) is 23.2 Å². The summed E-state index contributed by atoms with van der Waals surface area (Å²) in [5.41, 5.74) is 0.507. The summed E-state index contributed by atoms with van der Waals surface area (Å²) in [5.74, 6) is -0.122. The Bertz CT molecular complexity index is 397. The second-order valence-electron chi connectivity index (χ2n) is 4.17. The number of hydrogen-bond donors (Lipinski definition) is 2. The lowest BCUT2D eigenvalue weighted by atomic mass is 10.1. The highest BCUT2D eigenvalue weighted by Gasteiger charge is 2.16. The summed E-state index contributed by atoms with van der Waals surface area (Å²) in [4.78, 5) is 12.0. The van der Waals surface area contributed by atoms with Crippen molar-refractivity contribution in [3.05, 3.63) is 33.8 Å². The number of halogens is 2. The van der Waals surface area contributed by atoms with Gasteiger partial charge in [-0.3, -0.25) is 4.79 Å². The van der Waals surface area contributed by atoms with E-state index in [9.17, 15) is 4.79 Å². The van der Waals surface area contributed by atoms with Crippen LogP contribution < -0.4 is 10.6 Å². The molecule has 0 aromatic heterocycles. The second-order valence-corrected chi connectivity index (χ2v) is 5.05. The number of carbonyl (C=O) groups is 1. The van der Waals surface area contributed by atoms with Gasteiger partial charge in [-0.05, 0) is 37.6 Å². The molecule has 3 nitrogen and oxygen atoms in total. The molecule has 1 aromatic carbocycles. The Labute approximate surface area is 110 Å². The third-order valence-corrected chi connectivity index (χ3v) is 3.19. The standard InChI is InChI=1S/C12H14Cl2N2O/c13-9-4-8(5-10(14)6-9)12(17)16-11-2-1-3-15-7-11/h4-6,11,15H,1-3,7H2,(H,16,17)/t11-/m1/s1. The molecular formula is C12H14Cl2N2O. The van der Waals surface area contributed by atoms with Gasteiger partial charge in [0.25, 0.3) is 5.91 Å². The van der Waals surface area contributed by atoms with Crippen LogP contribution in [0, 0.1) is 0 Å². The maximum atomic E-state index is 12.0. The summed E-state index contributed by atoms with van der Waals surface area (Å²) in [5, 5.41) is 7.17. The second kappa shape index (κ2) is 5.71. The largest absolute Gasteiger partial charge is 0.348 e. The smallest absolute Gasteiger partial charge is 0.251 e. The van der Waals surface area contributed by atoms with Crippen LogP contribution in [0.4, 0.5) is 0 Å². The molecule has 0 radical (unpaired) electrons. The predicted molar refractivity (Wildman–Crippen MR) is 69.8 cm³/mol. The van der Waals surface area contributed by atoms with Crippen LogP contribution in [0.5, 0.6) is 0 Å². The van der Waals surface area contributed by atoms with Crippen molar-refractivity contribution >= 4 is 29.1 Å². The van der Waals surface area contributed by atoms with Crippen molar-refractivity contribution in [3.63, 3.8) is 0 Å². The number of rotatable bonds is 2. The molecule has 0 aliphatic carbocycles. The molecule has 0 spiro atoms. The van der Waals surface area contributed by atoms with E-state index in [2.05, 4.69) is 10.6 Å². The molecule has 1 aliphatic rings. The Morgan fingerprint density at radius 1 is 1.29 bits per heavy atom. The zero-order valence-corrected chi connectivity index (χ0v) is 10.8. The van der Waals surface area contributed by atoms with Gasteiger partial charge in [0.15, 0.2) is 0 Å². The van der Waals surface area contributed by atoms with Crippen molar-refractivity contribution in [3.8, 4) is 0 Å². The Morgan fingerprint density at radius 3 is 2.59 bits per heavy atom. The quantitative estimate of drug-likeness (QED) is 0.869. The van der Waals surface area contributed by atoms with Crippen molar-refractivity contribution in [1.29, 1.82) is 0 Å². The van der Waals surface area contributed by atoms with Gasteiger partial charge in [0.1, 0.15) is 0 Å². The molecule has 1 saturated heterocycles. The predicted octanol–water partition coefficient (Wildman–Crippen LogP) is 2.48. The highest BCUT2D eigenvalue weighted by Crippen LogP contribution is 2.19. The van der Waals surface area contributed by atoms with E-state index in [1.165, 1.54) is 0 Å². The zero-order chi connectivity index (χ0) is 12.3. The summed E-state index contributed by atoms with van der Waals surface area (Å²) in [6, 6.07) is 5.05. The van der Waals surface area contributed by atoms with Crippen LogP contribution in [0.15, 0.2) is 18.2 Å². The monoisotopic (exact) mass is 272 g/mol. The lowest BCUT2D eigenvalue weighted by molar-refractivity contribution is 0.0930. The van der Waals surface area contributed by atoms with Gasteiger partial charge in [-0.1, -0.05) is 23.2 Å².